The number of thiocarbonyl (C=S) groups is 1. The highest BCUT2D eigenvalue weighted by molar-refractivity contribution is 7.80. The van der Waals surface area contributed by atoms with Crippen LogP contribution in [0.4, 0.5) is 0 Å². The van der Waals surface area contributed by atoms with E-state index in [0.717, 1.165) is 0 Å². The molecule has 0 heterocycles. The SMILES string of the molecule is COc1cccc(C=C(C#N)C(N)=S)c1OC. The van der Waals surface area contributed by atoms with Crippen molar-refractivity contribution in [2.75, 3.05) is 14.2 Å². The fourth-order valence-corrected chi connectivity index (χ4v) is 1.44. The van der Waals surface area contributed by atoms with E-state index in [9.17, 15) is 0 Å². The quantitative estimate of drug-likeness (QED) is 0.500. The van der Waals surface area contributed by atoms with Crippen LogP contribution in [-0.2, 0) is 0 Å². The summed E-state index contributed by atoms with van der Waals surface area (Å²) in [6.45, 7) is 0. The van der Waals surface area contributed by atoms with E-state index in [1.165, 1.54) is 7.11 Å². The van der Waals surface area contributed by atoms with Crippen LogP contribution in [0.2, 0.25) is 0 Å². The molecule has 0 aromatic heterocycles. The number of methoxy groups -OCH3 is 2. The van der Waals surface area contributed by atoms with Gasteiger partial charge in [-0.05, 0) is 12.1 Å². The van der Waals surface area contributed by atoms with Crippen LogP contribution in [-0.4, -0.2) is 19.2 Å². The first kappa shape index (κ1) is 13.0. The van der Waals surface area contributed by atoms with Crippen molar-refractivity contribution in [2.45, 2.75) is 0 Å². The van der Waals surface area contributed by atoms with Gasteiger partial charge in [-0.2, -0.15) is 5.26 Å². The molecule has 17 heavy (non-hydrogen) atoms. The van der Waals surface area contributed by atoms with Crippen molar-refractivity contribution in [1.82, 2.24) is 0 Å². The van der Waals surface area contributed by atoms with Crippen molar-refractivity contribution in [1.29, 1.82) is 5.26 Å². The Morgan fingerprint density at radius 2 is 2.12 bits per heavy atom. The molecule has 1 rings (SSSR count). The standard InChI is InChI=1S/C12H12N2O2S/c1-15-10-5-3-4-8(11(10)16-2)6-9(7-13)12(14)17/h3-6H,1-2H3,(H2,14,17). The second kappa shape index (κ2) is 5.87. The molecule has 0 unspecified atom stereocenters. The van der Waals surface area contributed by atoms with Gasteiger partial charge >= 0.3 is 0 Å². The minimum atomic E-state index is 0.0531. The lowest BCUT2D eigenvalue weighted by Crippen LogP contribution is -2.09. The lowest BCUT2D eigenvalue weighted by molar-refractivity contribution is 0.354. The molecule has 1 aromatic carbocycles. The average molecular weight is 248 g/mol. The maximum absolute atomic E-state index is 8.89. The predicted octanol–water partition coefficient (Wildman–Crippen LogP) is 1.90. The fourth-order valence-electron chi connectivity index (χ4n) is 1.34. The third-order valence-electron chi connectivity index (χ3n) is 2.12. The number of nitriles is 1. The smallest absolute Gasteiger partial charge is 0.167 e. The minimum Gasteiger partial charge on any atom is -0.493 e. The van der Waals surface area contributed by atoms with Crippen LogP contribution in [0, 0.1) is 11.3 Å². The Morgan fingerprint density at radius 3 is 2.59 bits per heavy atom. The molecule has 0 aliphatic carbocycles. The van der Waals surface area contributed by atoms with Crippen LogP contribution < -0.4 is 15.2 Å². The number of ether oxygens (including phenoxy) is 2. The van der Waals surface area contributed by atoms with E-state index in [0.29, 0.717) is 17.1 Å². The Balaban J connectivity index is 3.32. The van der Waals surface area contributed by atoms with Gasteiger partial charge in [0.1, 0.15) is 11.1 Å². The summed E-state index contributed by atoms with van der Waals surface area (Å²) in [4.78, 5) is 0.0531. The minimum absolute atomic E-state index is 0.0531. The molecule has 0 aliphatic heterocycles. The van der Waals surface area contributed by atoms with Crippen LogP contribution in [0.5, 0.6) is 11.5 Å². The summed E-state index contributed by atoms with van der Waals surface area (Å²) in [6.07, 6.45) is 1.57. The van der Waals surface area contributed by atoms with Crippen LogP contribution in [0.15, 0.2) is 23.8 Å². The van der Waals surface area contributed by atoms with Crippen LogP contribution in [0.25, 0.3) is 6.08 Å². The summed E-state index contributed by atoms with van der Waals surface area (Å²) in [5.41, 5.74) is 6.34. The number of hydrogen-bond acceptors (Lipinski definition) is 4. The van der Waals surface area contributed by atoms with Crippen molar-refractivity contribution < 1.29 is 9.47 Å². The van der Waals surface area contributed by atoms with Crippen LogP contribution in [0.1, 0.15) is 5.56 Å². The molecule has 0 saturated carbocycles. The largest absolute Gasteiger partial charge is 0.493 e. The zero-order valence-corrected chi connectivity index (χ0v) is 10.4. The number of para-hydroxylation sites is 1. The number of hydrogen-bond donors (Lipinski definition) is 1. The molecule has 0 fully saturated rings. The molecule has 0 amide bonds. The van der Waals surface area contributed by atoms with Crippen LogP contribution >= 0.6 is 12.2 Å². The molecule has 2 N–H and O–H groups in total. The topological polar surface area (TPSA) is 68.3 Å². The van der Waals surface area contributed by atoms with Gasteiger partial charge in [-0.3, -0.25) is 0 Å². The van der Waals surface area contributed by atoms with Gasteiger partial charge in [-0.25, -0.2) is 0 Å². The van der Waals surface area contributed by atoms with E-state index in [-0.39, 0.29) is 10.6 Å². The molecule has 5 heteroatoms. The maximum Gasteiger partial charge on any atom is 0.167 e. The van der Waals surface area contributed by atoms with Crippen molar-refractivity contribution in [3.05, 3.63) is 29.3 Å². The Hall–Kier alpha value is -2.06. The molecule has 0 atom stereocenters. The second-order valence-electron chi connectivity index (χ2n) is 3.12. The van der Waals surface area contributed by atoms with E-state index in [1.807, 2.05) is 6.07 Å². The summed E-state index contributed by atoms with van der Waals surface area (Å²) in [5.74, 6) is 1.13. The van der Waals surface area contributed by atoms with Gasteiger partial charge < -0.3 is 15.2 Å². The first-order chi connectivity index (χ1) is 8.13. The second-order valence-corrected chi connectivity index (χ2v) is 3.56. The van der Waals surface area contributed by atoms with Crippen molar-refractivity contribution in [3.8, 4) is 17.6 Å². The third-order valence-corrected chi connectivity index (χ3v) is 2.34. The fraction of sp³-hybridized carbons (Fsp3) is 0.167. The molecule has 0 radical (unpaired) electrons. The molecule has 0 spiro atoms. The average Bonchev–Trinajstić information content (AvgIpc) is 2.34. The molecular formula is C12H12N2O2S. The van der Waals surface area contributed by atoms with Gasteiger partial charge in [-0.15, -0.1) is 0 Å². The highest BCUT2D eigenvalue weighted by atomic mass is 32.1. The zero-order chi connectivity index (χ0) is 12.8. The lowest BCUT2D eigenvalue weighted by atomic mass is 10.1. The van der Waals surface area contributed by atoms with Crippen molar-refractivity contribution in [2.24, 2.45) is 5.73 Å². The summed E-state index contributed by atoms with van der Waals surface area (Å²) in [6, 6.07) is 7.29. The Bertz CT molecular complexity index is 504. The molecule has 1 aromatic rings. The Kier molecular flexibility index (Phi) is 4.49. The van der Waals surface area contributed by atoms with E-state index in [1.54, 1.807) is 31.4 Å². The Morgan fingerprint density at radius 1 is 1.41 bits per heavy atom. The monoisotopic (exact) mass is 248 g/mol. The number of rotatable bonds is 4. The first-order valence-corrected chi connectivity index (χ1v) is 5.17. The third kappa shape index (κ3) is 2.95. The predicted molar refractivity (Wildman–Crippen MR) is 69.9 cm³/mol. The van der Waals surface area contributed by atoms with Gasteiger partial charge in [0.05, 0.1) is 19.8 Å². The maximum atomic E-state index is 8.89. The zero-order valence-electron chi connectivity index (χ0n) is 9.56. The van der Waals surface area contributed by atoms with E-state index in [4.69, 9.17) is 32.7 Å². The van der Waals surface area contributed by atoms with E-state index in [2.05, 4.69) is 0 Å². The highest BCUT2D eigenvalue weighted by Crippen LogP contribution is 2.32. The van der Waals surface area contributed by atoms with Gasteiger partial charge in [-0.1, -0.05) is 24.4 Å². The normalized spacial score (nSPS) is 10.5. The molecule has 4 nitrogen and oxygen atoms in total. The lowest BCUT2D eigenvalue weighted by Gasteiger charge is -2.10. The van der Waals surface area contributed by atoms with Crippen molar-refractivity contribution >= 4 is 23.3 Å². The first-order valence-electron chi connectivity index (χ1n) is 4.76. The van der Waals surface area contributed by atoms with Gasteiger partial charge in [0.2, 0.25) is 0 Å². The summed E-state index contributed by atoms with van der Waals surface area (Å²) in [5, 5.41) is 8.89. The van der Waals surface area contributed by atoms with Gasteiger partial charge in [0, 0.05) is 5.56 Å². The number of benzene rings is 1. The molecule has 0 saturated heterocycles. The van der Waals surface area contributed by atoms with Crippen molar-refractivity contribution in [3.63, 3.8) is 0 Å². The Labute approximate surface area is 105 Å². The number of nitrogens with zero attached hydrogens (tertiary/aromatic N) is 1. The van der Waals surface area contributed by atoms with Gasteiger partial charge in [0.15, 0.2) is 11.5 Å². The van der Waals surface area contributed by atoms with Gasteiger partial charge in [0.25, 0.3) is 0 Å². The summed E-state index contributed by atoms with van der Waals surface area (Å²) >= 11 is 4.77. The summed E-state index contributed by atoms with van der Waals surface area (Å²) in [7, 11) is 3.08. The van der Waals surface area contributed by atoms with Crippen LogP contribution in [0.3, 0.4) is 0 Å². The molecule has 0 bridgehead atoms. The molecule has 0 aliphatic rings. The molecule has 88 valence electrons. The highest BCUT2D eigenvalue weighted by Gasteiger charge is 2.09. The summed E-state index contributed by atoms with van der Waals surface area (Å²) < 4.78 is 10.4. The van der Waals surface area contributed by atoms with E-state index >= 15 is 0 Å². The molecular weight excluding hydrogens is 236 g/mol. The van der Waals surface area contributed by atoms with E-state index < -0.39 is 0 Å². The number of nitrogens with two attached hydrogens (primary N) is 1.